The number of hydrogen-bond donors (Lipinski definition) is 2. The Bertz CT molecular complexity index is 439. The highest BCUT2D eigenvalue weighted by atomic mass is 32.2. The highest BCUT2D eigenvalue weighted by Gasteiger charge is 2.15. The summed E-state index contributed by atoms with van der Waals surface area (Å²) in [5, 5.41) is 2.47. The fourth-order valence-corrected chi connectivity index (χ4v) is 2.48. The van der Waals surface area contributed by atoms with E-state index in [1.807, 2.05) is 0 Å². The van der Waals surface area contributed by atoms with Crippen LogP contribution in [0.3, 0.4) is 0 Å². The molecule has 1 rings (SSSR count). The van der Waals surface area contributed by atoms with Crippen molar-refractivity contribution >= 4 is 15.7 Å². The van der Waals surface area contributed by atoms with Gasteiger partial charge in [-0.05, 0) is 25.1 Å². The van der Waals surface area contributed by atoms with E-state index in [1.54, 1.807) is 12.1 Å². The minimum Gasteiger partial charge on any atom is -0.467 e. The summed E-state index contributed by atoms with van der Waals surface area (Å²) in [4.78, 5) is 11.4. The molecule has 0 aliphatic carbocycles. The average Bonchev–Trinajstić information content (AvgIpc) is 2.76. The number of hydrogen-bond acceptors (Lipinski definition) is 5. The van der Waals surface area contributed by atoms with E-state index < -0.39 is 21.5 Å². The molecule has 1 aromatic rings. The van der Waals surface area contributed by atoms with Crippen molar-refractivity contribution < 1.29 is 17.6 Å². The summed E-state index contributed by atoms with van der Waals surface area (Å²) in [6.45, 7) is 0.492. The Hall–Kier alpha value is -1.34. The Morgan fingerprint density at radius 2 is 2.24 bits per heavy atom. The van der Waals surface area contributed by atoms with Crippen molar-refractivity contribution in [3.8, 4) is 0 Å². The normalized spacial score (nSPS) is 11.4. The van der Waals surface area contributed by atoms with Gasteiger partial charge >= 0.3 is 0 Å². The molecular weight excluding hydrogens is 244 g/mol. The molecule has 0 atom stereocenters. The maximum atomic E-state index is 11.4. The van der Waals surface area contributed by atoms with Gasteiger partial charge in [0.2, 0.25) is 5.91 Å². The van der Waals surface area contributed by atoms with Gasteiger partial charge in [-0.15, -0.1) is 0 Å². The van der Waals surface area contributed by atoms with Crippen molar-refractivity contribution in [3.63, 3.8) is 0 Å². The average molecular weight is 260 g/mol. The third-order valence-electron chi connectivity index (χ3n) is 2.05. The van der Waals surface area contributed by atoms with Gasteiger partial charge in [-0.3, -0.25) is 4.79 Å². The summed E-state index contributed by atoms with van der Waals surface area (Å²) in [5.74, 6) is -0.512. The first-order chi connectivity index (χ1) is 8.03. The molecule has 0 saturated heterocycles. The Morgan fingerprint density at radius 1 is 1.47 bits per heavy atom. The maximum Gasteiger partial charge on any atom is 0.235 e. The second kappa shape index (κ2) is 6.41. The molecule has 1 aromatic heterocycles. The van der Waals surface area contributed by atoms with Crippen molar-refractivity contribution in [1.29, 1.82) is 0 Å². The number of sulfone groups is 1. The van der Waals surface area contributed by atoms with Gasteiger partial charge < -0.3 is 15.5 Å². The predicted molar refractivity (Wildman–Crippen MR) is 62.9 cm³/mol. The molecule has 0 spiro atoms. The van der Waals surface area contributed by atoms with Gasteiger partial charge in [0.15, 0.2) is 9.84 Å². The molecule has 3 N–H and O–H groups in total. The molecule has 0 unspecified atom stereocenters. The zero-order valence-electron chi connectivity index (χ0n) is 9.39. The van der Waals surface area contributed by atoms with Crippen LogP contribution in [0.5, 0.6) is 0 Å². The van der Waals surface area contributed by atoms with E-state index in [0.29, 0.717) is 18.7 Å². The molecule has 0 aromatic carbocycles. The monoisotopic (exact) mass is 260 g/mol. The molecule has 17 heavy (non-hydrogen) atoms. The van der Waals surface area contributed by atoms with Gasteiger partial charge in [0.25, 0.3) is 0 Å². The maximum absolute atomic E-state index is 11.4. The van der Waals surface area contributed by atoms with Crippen LogP contribution in [0.4, 0.5) is 0 Å². The second-order valence-corrected chi connectivity index (χ2v) is 5.77. The first kappa shape index (κ1) is 13.7. The second-order valence-electron chi connectivity index (χ2n) is 3.59. The summed E-state index contributed by atoms with van der Waals surface area (Å²) in [6.07, 6.45) is 1.85. The number of rotatable bonds is 7. The molecule has 6 nitrogen and oxygen atoms in total. The highest BCUT2D eigenvalue weighted by Crippen LogP contribution is 1.99. The van der Waals surface area contributed by atoms with E-state index in [9.17, 15) is 13.2 Å². The highest BCUT2D eigenvalue weighted by molar-refractivity contribution is 7.92. The van der Waals surface area contributed by atoms with Crippen LogP contribution in [0, 0.1) is 0 Å². The van der Waals surface area contributed by atoms with Gasteiger partial charge in [0.05, 0.1) is 18.6 Å². The Kier molecular flexibility index (Phi) is 5.17. The minimum absolute atomic E-state index is 0.0579. The Morgan fingerprint density at radius 3 is 2.82 bits per heavy atom. The largest absolute Gasteiger partial charge is 0.467 e. The fourth-order valence-electron chi connectivity index (χ4n) is 1.23. The van der Waals surface area contributed by atoms with E-state index in [1.165, 1.54) is 6.26 Å². The minimum atomic E-state index is -3.36. The fraction of sp³-hybridized carbons (Fsp3) is 0.500. The molecule has 0 aliphatic heterocycles. The van der Waals surface area contributed by atoms with Gasteiger partial charge in [0.1, 0.15) is 11.5 Å². The molecule has 1 amide bonds. The van der Waals surface area contributed by atoms with Gasteiger partial charge in [-0.1, -0.05) is 0 Å². The molecule has 96 valence electrons. The van der Waals surface area contributed by atoms with Crippen LogP contribution < -0.4 is 11.1 Å². The zero-order valence-corrected chi connectivity index (χ0v) is 10.2. The molecule has 1 heterocycles. The predicted octanol–water partition coefficient (Wildman–Crippen LogP) is -0.341. The smallest absolute Gasteiger partial charge is 0.235 e. The van der Waals surface area contributed by atoms with Crippen LogP contribution in [-0.4, -0.2) is 32.4 Å². The van der Waals surface area contributed by atoms with Crippen molar-refractivity contribution in [2.45, 2.75) is 13.0 Å². The number of carbonyl (C=O) groups excluding carboxylic acids is 1. The lowest BCUT2D eigenvalue weighted by Gasteiger charge is -2.04. The van der Waals surface area contributed by atoms with Crippen molar-refractivity contribution in [1.82, 2.24) is 5.32 Å². The zero-order chi connectivity index (χ0) is 12.7. The molecule has 0 aliphatic rings. The Balaban J connectivity index is 2.34. The van der Waals surface area contributed by atoms with Crippen LogP contribution in [0.2, 0.25) is 0 Å². The van der Waals surface area contributed by atoms with E-state index in [-0.39, 0.29) is 12.3 Å². The standard InChI is InChI=1S/C10H16N2O4S/c11-4-2-6-17(14,15)8-10(13)12-7-9-3-1-5-16-9/h1,3,5H,2,4,6-8,11H2,(H,12,13). The summed E-state index contributed by atoms with van der Waals surface area (Å²) < 4.78 is 27.8. The molecular formula is C10H16N2O4S. The Labute approximate surface area is 100 Å². The quantitative estimate of drug-likeness (QED) is 0.698. The summed E-state index contributed by atoms with van der Waals surface area (Å²) >= 11 is 0. The first-order valence-electron chi connectivity index (χ1n) is 5.23. The lowest BCUT2D eigenvalue weighted by atomic mass is 10.4. The molecule has 0 saturated carbocycles. The van der Waals surface area contributed by atoms with Crippen LogP contribution in [0.25, 0.3) is 0 Å². The number of amides is 1. The van der Waals surface area contributed by atoms with Crippen LogP contribution in [0.15, 0.2) is 22.8 Å². The van der Waals surface area contributed by atoms with Gasteiger partial charge in [-0.2, -0.15) is 0 Å². The van der Waals surface area contributed by atoms with Gasteiger partial charge in [-0.25, -0.2) is 8.42 Å². The summed E-state index contributed by atoms with van der Waals surface area (Å²) in [5.41, 5.74) is 5.21. The van der Waals surface area contributed by atoms with Crippen LogP contribution >= 0.6 is 0 Å². The van der Waals surface area contributed by atoms with E-state index >= 15 is 0 Å². The third-order valence-corrected chi connectivity index (χ3v) is 3.66. The number of carbonyl (C=O) groups is 1. The SMILES string of the molecule is NCCCS(=O)(=O)CC(=O)NCc1ccco1. The van der Waals surface area contributed by atoms with E-state index in [4.69, 9.17) is 10.2 Å². The number of nitrogens with two attached hydrogens (primary N) is 1. The summed E-state index contributed by atoms with van der Waals surface area (Å²) in [6, 6.07) is 3.39. The van der Waals surface area contributed by atoms with Crippen molar-refractivity contribution in [3.05, 3.63) is 24.2 Å². The van der Waals surface area contributed by atoms with Gasteiger partial charge in [0, 0.05) is 0 Å². The van der Waals surface area contributed by atoms with Crippen molar-refractivity contribution in [2.75, 3.05) is 18.1 Å². The molecule has 0 radical (unpaired) electrons. The first-order valence-corrected chi connectivity index (χ1v) is 7.05. The van der Waals surface area contributed by atoms with Crippen LogP contribution in [0.1, 0.15) is 12.2 Å². The molecule has 0 fully saturated rings. The number of furan rings is 1. The topological polar surface area (TPSA) is 102 Å². The van der Waals surface area contributed by atoms with Crippen molar-refractivity contribution in [2.24, 2.45) is 5.73 Å². The summed E-state index contributed by atoms with van der Waals surface area (Å²) in [7, 11) is -3.36. The van der Waals surface area contributed by atoms with E-state index in [2.05, 4.69) is 5.32 Å². The molecule has 7 heteroatoms. The molecule has 0 bridgehead atoms. The number of nitrogens with one attached hydrogen (secondary N) is 1. The lowest BCUT2D eigenvalue weighted by molar-refractivity contribution is -0.118. The van der Waals surface area contributed by atoms with E-state index in [0.717, 1.165) is 0 Å². The third kappa shape index (κ3) is 5.50. The van der Waals surface area contributed by atoms with Crippen LogP contribution in [-0.2, 0) is 21.2 Å². The lowest BCUT2D eigenvalue weighted by Crippen LogP contribution is -2.31.